The van der Waals surface area contributed by atoms with Gasteiger partial charge in [-0.15, -0.1) is 0 Å². The third-order valence-corrected chi connectivity index (χ3v) is 4.26. The second kappa shape index (κ2) is 5.61. The first kappa shape index (κ1) is 15.4. The molecule has 114 valence electrons. The van der Waals surface area contributed by atoms with Crippen molar-refractivity contribution in [3.63, 3.8) is 0 Å². The summed E-state index contributed by atoms with van der Waals surface area (Å²) in [7, 11) is 0. The van der Waals surface area contributed by atoms with Gasteiger partial charge in [0, 0.05) is 17.2 Å². The van der Waals surface area contributed by atoms with Crippen LogP contribution in [0.15, 0.2) is 42.5 Å². The van der Waals surface area contributed by atoms with Crippen molar-refractivity contribution in [1.29, 1.82) is 0 Å². The highest BCUT2D eigenvalue weighted by atomic mass is 35.5. The van der Waals surface area contributed by atoms with Crippen LogP contribution < -0.4 is 0 Å². The summed E-state index contributed by atoms with van der Waals surface area (Å²) in [5, 5.41) is 12.0. The molecule has 1 aliphatic carbocycles. The van der Waals surface area contributed by atoms with Crippen molar-refractivity contribution in [2.45, 2.75) is 0 Å². The van der Waals surface area contributed by atoms with Crippen LogP contribution in [0.5, 0.6) is 0 Å². The minimum absolute atomic E-state index is 0.0653. The number of rotatable bonds is 2. The largest absolute Gasteiger partial charge is 0.290 e. The van der Waals surface area contributed by atoms with Gasteiger partial charge in [0.25, 0.3) is 5.69 Å². The van der Waals surface area contributed by atoms with Gasteiger partial charge in [-0.25, -0.2) is 0 Å². The Morgan fingerprint density at radius 1 is 1.04 bits per heavy atom. The molecule has 0 unspecified atom stereocenters. The van der Waals surface area contributed by atoms with Gasteiger partial charge < -0.3 is 0 Å². The molecule has 5 nitrogen and oxygen atoms in total. The Bertz CT molecular complexity index is 960. The molecule has 2 aromatic carbocycles. The van der Waals surface area contributed by atoms with Gasteiger partial charge in [0.1, 0.15) is 0 Å². The molecule has 0 N–H and O–H groups in total. The molecule has 0 saturated heterocycles. The Kier molecular flexibility index (Phi) is 3.75. The Balaban J connectivity index is 2.43. The second-order valence-corrected chi connectivity index (χ2v) is 5.62. The molecular weight excluding hydrogens is 341 g/mol. The van der Waals surface area contributed by atoms with Crippen molar-refractivity contribution in [1.82, 2.24) is 0 Å². The van der Waals surface area contributed by atoms with Gasteiger partial charge in [0.05, 0.1) is 20.4 Å². The highest BCUT2D eigenvalue weighted by molar-refractivity contribution is 6.47. The number of nitro groups is 1. The lowest BCUT2D eigenvalue weighted by molar-refractivity contribution is -0.383. The SMILES string of the molecule is O=C1C=CC(=O)C(c2c(Cl)c(Cl)cc3c([N+](=O)[O-])cccc23)=C1. The van der Waals surface area contributed by atoms with Gasteiger partial charge in [-0.1, -0.05) is 35.3 Å². The van der Waals surface area contributed by atoms with E-state index in [0.29, 0.717) is 5.39 Å². The van der Waals surface area contributed by atoms with E-state index >= 15 is 0 Å². The number of hydrogen-bond donors (Lipinski definition) is 0. The first-order chi connectivity index (χ1) is 10.9. The summed E-state index contributed by atoms with van der Waals surface area (Å²) < 4.78 is 0. The summed E-state index contributed by atoms with van der Waals surface area (Å²) in [5.41, 5.74) is 0.129. The Hall–Kier alpha value is -2.50. The van der Waals surface area contributed by atoms with Crippen molar-refractivity contribution in [3.05, 3.63) is 68.2 Å². The van der Waals surface area contributed by atoms with Crippen LogP contribution in [0.3, 0.4) is 0 Å². The monoisotopic (exact) mass is 347 g/mol. The maximum Gasteiger partial charge on any atom is 0.277 e. The summed E-state index contributed by atoms with van der Waals surface area (Å²) in [5.74, 6) is -0.782. The van der Waals surface area contributed by atoms with Crippen molar-refractivity contribution in [2.24, 2.45) is 0 Å². The number of nitrogens with zero attached hydrogens (tertiary/aromatic N) is 1. The van der Waals surface area contributed by atoms with Crippen LogP contribution in [0.25, 0.3) is 16.3 Å². The molecule has 0 fully saturated rings. The molecule has 0 aromatic heterocycles. The zero-order valence-electron chi connectivity index (χ0n) is 11.4. The van der Waals surface area contributed by atoms with E-state index in [1.54, 1.807) is 6.07 Å². The van der Waals surface area contributed by atoms with Crippen LogP contribution in [0.4, 0.5) is 5.69 Å². The molecule has 0 amide bonds. The summed E-state index contributed by atoms with van der Waals surface area (Å²) in [6.45, 7) is 0. The summed E-state index contributed by atoms with van der Waals surface area (Å²) in [6, 6.07) is 5.79. The molecule has 0 atom stereocenters. The van der Waals surface area contributed by atoms with Crippen LogP contribution in [0, 0.1) is 10.1 Å². The quantitative estimate of drug-likeness (QED) is 0.464. The highest BCUT2D eigenvalue weighted by Crippen LogP contribution is 2.41. The molecular formula is C16H7Cl2NO4. The van der Waals surface area contributed by atoms with Gasteiger partial charge in [0.15, 0.2) is 11.6 Å². The van der Waals surface area contributed by atoms with Crippen molar-refractivity contribution in [2.75, 3.05) is 0 Å². The Labute approximate surface area is 140 Å². The average molecular weight is 348 g/mol. The number of halogens is 2. The van der Waals surface area contributed by atoms with Crippen molar-refractivity contribution < 1.29 is 14.5 Å². The number of ketones is 2. The summed E-state index contributed by atoms with van der Waals surface area (Å²) in [4.78, 5) is 34.4. The van der Waals surface area contributed by atoms with Gasteiger partial charge in [-0.3, -0.25) is 19.7 Å². The standard InChI is InChI=1S/C16H7Cl2NO4/c17-12-7-10-9(2-1-3-13(10)19(22)23)15(16(12)18)11-6-8(20)4-5-14(11)21/h1-7H. The van der Waals surface area contributed by atoms with E-state index in [2.05, 4.69) is 0 Å². The fourth-order valence-electron chi connectivity index (χ4n) is 2.48. The summed E-state index contributed by atoms with van der Waals surface area (Å²) >= 11 is 12.3. The number of nitro benzene ring substituents is 1. The maximum absolute atomic E-state index is 12.1. The van der Waals surface area contributed by atoms with Gasteiger partial charge in [0.2, 0.25) is 0 Å². The number of benzene rings is 2. The molecule has 0 spiro atoms. The molecule has 0 bridgehead atoms. The number of fused-ring (bicyclic) bond motifs is 1. The van der Waals surface area contributed by atoms with Gasteiger partial charge in [-0.05, 0) is 29.7 Å². The number of hydrogen-bond acceptors (Lipinski definition) is 4. The molecule has 0 radical (unpaired) electrons. The van der Waals surface area contributed by atoms with E-state index in [1.807, 2.05) is 0 Å². The minimum Gasteiger partial charge on any atom is -0.290 e. The first-order valence-electron chi connectivity index (χ1n) is 6.43. The Morgan fingerprint density at radius 3 is 2.48 bits per heavy atom. The molecule has 23 heavy (non-hydrogen) atoms. The van der Waals surface area contributed by atoms with Crippen molar-refractivity contribution >= 4 is 56.8 Å². The normalized spacial score (nSPS) is 14.3. The van der Waals surface area contributed by atoms with Crippen LogP contribution in [-0.2, 0) is 9.59 Å². The number of allylic oxidation sites excluding steroid dienone is 4. The maximum atomic E-state index is 12.1. The molecule has 1 aliphatic rings. The number of non-ortho nitro benzene ring substituents is 1. The van der Waals surface area contributed by atoms with E-state index in [4.69, 9.17) is 23.2 Å². The zero-order chi connectivity index (χ0) is 16.7. The molecule has 3 rings (SSSR count). The third kappa shape index (κ3) is 2.54. The van der Waals surface area contributed by atoms with E-state index < -0.39 is 10.7 Å². The predicted octanol–water partition coefficient (Wildman–Crippen LogP) is 4.15. The van der Waals surface area contributed by atoms with Gasteiger partial charge >= 0.3 is 0 Å². The van der Waals surface area contributed by atoms with E-state index in [-0.39, 0.29) is 38.0 Å². The number of carbonyl (C=O) groups excluding carboxylic acids is 2. The van der Waals surface area contributed by atoms with E-state index in [0.717, 1.165) is 18.2 Å². The lowest BCUT2D eigenvalue weighted by Gasteiger charge is -2.14. The molecule has 7 heteroatoms. The highest BCUT2D eigenvalue weighted by Gasteiger charge is 2.24. The van der Waals surface area contributed by atoms with E-state index in [1.165, 1.54) is 18.2 Å². The zero-order valence-corrected chi connectivity index (χ0v) is 12.9. The third-order valence-electron chi connectivity index (χ3n) is 3.47. The number of carbonyl (C=O) groups is 2. The van der Waals surface area contributed by atoms with Crippen LogP contribution >= 0.6 is 23.2 Å². The molecule has 0 heterocycles. The fourth-order valence-corrected chi connectivity index (χ4v) is 2.94. The topological polar surface area (TPSA) is 77.3 Å². The first-order valence-corrected chi connectivity index (χ1v) is 7.19. The molecule has 2 aromatic rings. The van der Waals surface area contributed by atoms with E-state index in [9.17, 15) is 19.7 Å². The molecule has 0 aliphatic heterocycles. The van der Waals surface area contributed by atoms with Crippen LogP contribution in [-0.4, -0.2) is 16.5 Å². The smallest absolute Gasteiger partial charge is 0.277 e. The average Bonchev–Trinajstić information content (AvgIpc) is 2.51. The summed E-state index contributed by atoms with van der Waals surface area (Å²) in [6.07, 6.45) is 3.44. The van der Waals surface area contributed by atoms with Crippen LogP contribution in [0.2, 0.25) is 10.0 Å². The minimum atomic E-state index is -0.543. The fraction of sp³-hybridized carbons (Fsp3) is 0. The van der Waals surface area contributed by atoms with Gasteiger partial charge in [-0.2, -0.15) is 0 Å². The predicted molar refractivity (Wildman–Crippen MR) is 87.8 cm³/mol. The second-order valence-electron chi connectivity index (χ2n) is 4.83. The van der Waals surface area contributed by atoms with Crippen LogP contribution in [0.1, 0.15) is 5.56 Å². The molecule has 0 saturated carbocycles. The lowest BCUT2D eigenvalue weighted by Crippen LogP contribution is -2.08. The van der Waals surface area contributed by atoms with Crippen molar-refractivity contribution in [3.8, 4) is 0 Å². The Morgan fingerprint density at radius 2 is 1.78 bits per heavy atom. The lowest BCUT2D eigenvalue weighted by atomic mass is 9.91.